The minimum Gasteiger partial charge on any atom is -0.337 e. The Bertz CT molecular complexity index is 605. The van der Waals surface area contributed by atoms with Gasteiger partial charge in [0.1, 0.15) is 0 Å². The van der Waals surface area contributed by atoms with Gasteiger partial charge < -0.3 is 10.2 Å². The third kappa shape index (κ3) is 3.36. The predicted octanol–water partition coefficient (Wildman–Crippen LogP) is 0.0779. The van der Waals surface area contributed by atoms with Crippen LogP contribution < -0.4 is 10.5 Å². The number of carbonyl (C=O) groups is 1. The highest BCUT2D eigenvalue weighted by Crippen LogP contribution is 2.17. The fraction of sp³-hybridized carbons (Fsp3) is 0.462. The maximum Gasteiger partial charge on any atom is 0.253 e. The highest BCUT2D eigenvalue weighted by atomic mass is 32.2. The van der Waals surface area contributed by atoms with Crippen molar-refractivity contribution in [2.75, 3.05) is 26.2 Å². The number of hydrogen-bond donors (Lipinski definition) is 2. The maximum atomic E-state index is 12.4. The smallest absolute Gasteiger partial charge is 0.253 e. The summed E-state index contributed by atoms with van der Waals surface area (Å²) in [6.45, 7) is 4.70. The fourth-order valence-electron chi connectivity index (χ4n) is 2.33. The lowest BCUT2D eigenvalue weighted by molar-refractivity contribution is 0.0766. The molecular formula is C13H19N3O3S. The van der Waals surface area contributed by atoms with Crippen molar-refractivity contribution in [3.05, 3.63) is 29.3 Å². The van der Waals surface area contributed by atoms with Crippen molar-refractivity contribution >= 4 is 15.9 Å². The normalized spacial score (nSPS) is 16.8. The van der Waals surface area contributed by atoms with Crippen molar-refractivity contribution in [3.8, 4) is 0 Å². The monoisotopic (exact) mass is 297 g/mol. The average molecular weight is 297 g/mol. The summed E-state index contributed by atoms with van der Waals surface area (Å²) in [4.78, 5) is 14.2. The first-order valence-corrected chi connectivity index (χ1v) is 8.07. The molecule has 1 heterocycles. The van der Waals surface area contributed by atoms with E-state index in [1.807, 2.05) is 0 Å². The van der Waals surface area contributed by atoms with Gasteiger partial charge in [0.25, 0.3) is 5.91 Å². The molecule has 1 fully saturated rings. The highest BCUT2D eigenvalue weighted by Gasteiger charge is 2.19. The molecule has 0 unspecified atom stereocenters. The van der Waals surface area contributed by atoms with Crippen LogP contribution in [0.15, 0.2) is 23.1 Å². The van der Waals surface area contributed by atoms with Gasteiger partial charge in [-0.15, -0.1) is 0 Å². The molecule has 0 atom stereocenters. The molecule has 0 spiro atoms. The van der Waals surface area contributed by atoms with Gasteiger partial charge >= 0.3 is 0 Å². The van der Waals surface area contributed by atoms with Crippen LogP contribution in [0, 0.1) is 6.92 Å². The number of carbonyl (C=O) groups excluding carboxylic acids is 1. The van der Waals surface area contributed by atoms with Crippen LogP contribution in [0.5, 0.6) is 0 Å². The number of amides is 1. The molecule has 1 aromatic carbocycles. The first-order chi connectivity index (χ1) is 9.39. The second-order valence-corrected chi connectivity index (χ2v) is 6.45. The molecule has 1 aliphatic heterocycles. The van der Waals surface area contributed by atoms with Gasteiger partial charge in [0.15, 0.2) is 0 Å². The molecule has 0 aliphatic carbocycles. The summed E-state index contributed by atoms with van der Waals surface area (Å²) in [6.07, 6.45) is 0.917. The van der Waals surface area contributed by atoms with Crippen LogP contribution in [0.25, 0.3) is 0 Å². The lowest BCUT2D eigenvalue weighted by atomic mass is 10.1. The van der Waals surface area contributed by atoms with E-state index in [0.717, 1.165) is 19.5 Å². The Kier molecular flexibility index (Phi) is 4.42. The molecule has 0 bridgehead atoms. The van der Waals surface area contributed by atoms with E-state index in [2.05, 4.69) is 5.32 Å². The second-order valence-electron chi connectivity index (χ2n) is 4.92. The van der Waals surface area contributed by atoms with Crippen molar-refractivity contribution < 1.29 is 13.2 Å². The van der Waals surface area contributed by atoms with Crippen molar-refractivity contribution in [2.45, 2.75) is 18.2 Å². The van der Waals surface area contributed by atoms with Gasteiger partial charge in [-0.1, -0.05) is 0 Å². The number of nitrogens with two attached hydrogens (primary N) is 1. The van der Waals surface area contributed by atoms with Crippen LogP contribution in [-0.4, -0.2) is 45.4 Å². The minimum atomic E-state index is -3.74. The third-order valence-corrected chi connectivity index (χ3v) is 4.43. The van der Waals surface area contributed by atoms with Gasteiger partial charge in [0.05, 0.1) is 4.90 Å². The molecule has 1 aliphatic rings. The molecule has 1 amide bonds. The zero-order chi connectivity index (χ0) is 14.8. The van der Waals surface area contributed by atoms with E-state index in [9.17, 15) is 13.2 Å². The van der Waals surface area contributed by atoms with Gasteiger partial charge in [-0.05, 0) is 43.7 Å². The molecule has 110 valence electrons. The number of nitrogens with one attached hydrogen (secondary N) is 1. The van der Waals surface area contributed by atoms with E-state index in [1.165, 1.54) is 12.1 Å². The summed E-state index contributed by atoms with van der Waals surface area (Å²) in [5, 5.41) is 8.35. The van der Waals surface area contributed by atoms with E-state index in [1.54, 1.807) is 17.9 Å². The predicted molar refractivity (Wildman–Crippen MR) is 75.9 cm³/mol. The zero-order valence-corrected chi connectivity index (χ0v) is 12.2. The van der Waals surface area contributed by atoms with Crippen molar-refractivity contribution in [2.24, 2.45) is 5.14 Å². The number of nitrogens with zero attached hydrogens (tertiary/aromatic N) is 1. The lowest BCUT2D eigenvalue weighted by Gasteiger charge is -2.20. The van der Waals surface area contributed by atoms with Crippen LogP contribution in [0.1, 0.15) is 22.3 Å². The van der Waals surface area contributed by atoms with Gasteiger partial charge in [-0.3, -0.25) is 4.79 Å². The van der Waals surface area contributed by atoms with Crippen LogP contribution in [0.4, 0.5) is 0 Å². The van der Waals surface area contributed by atoms with Crippen LogP contribution >= 0.6 is 0 Å². The molecule has 3 N–H and O–H groups in total. The second kappa shape index (κ2) is 5.90. The van der Waals surface area contributed by atoms with Crippen LogP contribution in [0.2, 0.25) is 0 Å². The molecule has 0 radical (unpaired) electrons. The summed E-state index contributed by atoms with van der Waals surface area (Å²) in [5.74, 6) is -0.0715. The molecule has 0 aromatic heterocycles. The summed E-state index contributed by atoms with van der Waals surface area (Å²) in [5.41, 5.74) is 0.989. The highest BCUT2D eigenvalue weighted by molar-refractivity contribution is 7.89. The number of primary sulfonamides is 1. The molecule has 0 saturated carbocycles. The molecular weight excluding hydrogens is 278 g/mol. The maximum absolute atomic E-state index is 12.4. The molecule has 6 nitrogen and oxygen atoms in total. The van der Waals surface area contributed by atoms with E-state index >= 15 is 0 Å². The Morgan fingerprint density at radius 2 is 2.05 bits per heavy atom. The quantitative estimate of drug-likeness (QED) is 0.808. The van der Waals surface area contributed by atoms with Gasteiger partial charge in [0, 0.05) is 25.2 Å². The topological polar surface area (TPSA) is 92.5 Å². The van der Waals surface area contributed by atoms with E-state index in [4.69, 9.17) is 5.14 Å². The van der Waals surface area contributed by atoms with Gasteiger partial charge in [-0.2, -0.15) is 0 Å². The first-order valence-electron chi connectivity index (χ1n) is 6.53. The Hall–Kier alpha value is -1.44. The van der Waals surface area contributed by atoms with Gasteiger partial charge in [0.2, 0.25) is 10.0 Å². The first kappa shape index (κ1) is 15.0. The Morgan fingerprint density at radius 1 is 1.30 bits per heavy atom. The molecule has 1 saturated heterocycles. The van der Waals surface area contributed by atoms with Crippen LogP contribution in [-0.2, 0) is 10.0 Å². The zero-order valence-electron chi connectivity index (χ0n) is 11.4. The largest absolute Gasteiger partial charge is 0.337 e. The molecule has 20 heavy (non-hydrogen) atoms. The minimum absolute atomic E-state index is 0.0617. The number of aryl methyl sites for hydroxylation is 1. The van der Waals surface area contributed by atoms with Gasteiger partial charge in [-0.25, -0.2) is 13.6 Å². The Balaban J connectivity index is 2.25. The fourth-order valence-corrected chi connectivity index (χ4v) is 3.10. The SMILES string of the molecule is Cc1cc(C(=O)N2CCCNCC2)ccc1S(N)(=O)=O. The lowest BCUT2D eigenvalue weighted by Crippen LogP contribution is -2.34. The number of sulfonamides is 1. The van der Waals surface area contributed by atoms with Crippen molar-refractivity contribution in [3.63, 3.8) is 0 Å². The number of benzene rings is 1. The Labute approximate surface area is 119 Å². The summed E-state index contributed by atoms with van der Waals surface area (Å²) in [6, 6.07) is 4.50. The van der Waals surface area contributed by atoms with Crippen molar-refractivity contribution in [1.29, 1.82) is 0 Å². The third-order valence-electron chi connectivity index (χ3n) is 3.36. The Morgan fingerprint density at radius 3 is 2.70 bits per heavy atom. The van der Waals surface area contributed by atoms with E-state index in [-0.39, 0.29) is 10.8 Å². The summed E-state index contributed by atoms with van der Waals surface area (Å²) < 4.78 is 22.7. The molecule has 2 rings (SSSR count). The van der Waals surface area contributed by atoms with Crippen molar-refractivity contribution in [1.82, 2.24) is 10.2 Å². The average Bonchev–Trinajstić information content (AvgIpc) is 2.65. The number of rotatable bonds is 2. The molecule has 7 heteroatoms. The number of hydrogen-bond acceptors (Lipinski definition) is 4. The van der Waals surface area contributed by atoms with E-state index in [0.29, 0.717) is 24.2 Å². The van der Waals surface area contributed by atoms with E-state index < -0.39 is 10.0 Å². The standard InChI is InChI=1S/C13H19N3O3S/c1-10-9-11(3-4-12(10)20(14,18)19)13(17)16-7-2-5-15-6-8-16/h3-4,9,15H,2,5-8H2,1H3,(H2,14,18,19). The molecule has 1 aromatic rings. The van der Waals surface area contributed by atoms with Crippen LogP contribution in [0.3, 0.4) is 0 Å². The summed E-state index contributed by atoms with van der Waals surface area (Å²) in [7, 11) is -3.74. The summed E-state index contributed by atoms with van der Waals surface area (Å²) >= 11 is 0.